The highest BCUT2D eigenvalue weighted by Gasteiger charge is 2.23. The molecule has 1 aromatic heterocycles. The van der Waals surface area contributed by atoms with Gasteiger partial charge in [0.1, 0.15) is 0 Å². The lowest BCUT2D eigenvalue weighted by molar-refractivity contribution is 0.0984. The maximum Gasteiger partial charge on any atom is 0.177 e. The second-order valence-electron chi connectivity index (χ2n) is 4.64. The molecule has 3 rings (SSSR count). The van der Waals surface area contributed by atoms with Gasteiger partial charge in [-0.15, -0.1) is 0 Å². The van der Waals surface area contributed by atoms with Crippen molar-refractivity contribution >= 4 is 28.4 Å². The van der Waals surface area contributed by atoms with Crippen LogP contribution >= 0.6 is 11.8 Å². The molecule has 0 radical (unpaired) electrons. The number of pyridine rings is 1. The van der Waals surface area contributed by atoms with Gasteiger partial charge in [0.2, 0.25) is 0 Å². The van der Waals surface area contributed by atoms with Gasteiger partial charge in [-0.25, -0.2) is 0 Å². The molecule has 0 spiro atoms. The van der Waals surface area contributed by atoms with E-state index in [0.29, 0.717) is 0 Å². The number of carbonyl (C=O) groups is 1. The van der Waals surface area contributed by atoms with Crippen LogP contribution in [0.4, 0.5) is 0 Å². The van der Waals surface area contributed by atoms with Crippen LogP contribution in [-0.4, -0.2) is 21.8 Å². The van der Waals surface area contributed by atoms with E-state index >= 15 is 0 Å². The average Bonchev–Trinajstić information content (AvgIpc) is 2.47. The van der Waals surface area contributed by atoms with Crippen molar-refractivity contribution < 1.29 is 4.79 Å². The number of ketones is 1. The summed E-state index contributed by atoms with van der Waals surface area (Å²) in [6, 6.07) is 9.90. The van der Waals surface area contributed by atoms with Crippen LogP contribution in [-0.2, 0) is 0 Å². The molecule has 1 unspecified atom stereocenters. The number of nitrogens with zero attached hydrogens (tertiary/aromatic N) is 1. The fraction of sp³-hybridized carbons (Fsp3) is 0.333. The molecule has 1 aromatic carbocycles. The maximum atomic E-state index is 12.4. The van der Waals surface area contributed by atoms with Crippen molar-refractivity contribution in [1.82, 2.24) is 4.98 Å². The Morgan fingerprint density at radius 2 is 2.17 bits per heavy atom. The predicted octanol–water partition coefficient (Wildman–Crippen LogP) is 3.70. The topological polar surface area (TPSA) is 30.0 Å². The SMILES string of the molecule is O=C(c1cnc2ccccc2c1)C1CCCCS1. The van der Waals surface area contributed by atoms with Crippen LogP contribution in [0.1, 0.15) is 29.6 Å². The van der Waals surface area contributed by atoms with E-state index in [1.807, 2.05) is 30.3 Å². The zero-order chi connectivity index (χ0) is 12.4. The zero-order valence-corrected chi connectivity index (χ0v) is 11.0. The Morgan fingerprint density at radius 3 is 3.00 bits per heavy atom. The molecule has 1 aliphatic rings. The minimum absolute atomic E-state index is 0.140. The van der Waals surface area contributed by atoms with E-state index in [0.717, 1.165) is 28.6 Å². The summed E-state index contributed by atoms with van der Waals surface area (Å²) in [6.45, 7) is 0. The first-order valence-corrected chi connectivity index (χ1v) is 7.40. The number of fused-ring (bicyclic) bond motifs is 1. The number of Topliss-reactive ketones (excluding diaryl/α,β-unsaturated/α-hetero) is 1. The van der Waals surface area contributed by atoms with Crippen molar-refractivity contribution in [1.29, 1.82) is 0 Å². The van der Waals surface area contributed by atoms with E-state index in [9.17, 15) is 4.79 Å². The van der Waals surface area contributed by atoms with E-state index in [4.69, 9.17) is 0 Å². The molecule has 1 aliphatic heterocycles. The van der Waals surface area contributed by atoms with Gasteiger partial charge in [-0.3, -0.25) is 9.78 Å². The average molecular weight is 257 g/mol. The summed E-state index contributed by atoms with van der Waals surface area (Å²) in [7, 11) is 0. The zero-order valence-electron chi connectivity index (χ0n) is 10.1. The molecule has 0 aliphatic carbocycles. The summed E-state index contributed by atoms with van der Waals surface area (Å²) in [5.41, 5.74) is 1.71. The van der Waals surface area contributed by atoms with Crippen molar-refractivity contribution in [3.05, 3.63) is 42.1 Å². The third-order valence-electron chi connectivity index (χ3n) is 3.35. The lowest BCUT2D eigenvalue weighted by Gasteiger charge is -2.19. The first kappa shape index (κ1) is 11.7. The van der Waals surface area contributed by atoms with Crippen LogP contribution in [0.5, 0.6) is 0 Å². The summed E-state index contributed by atoms with van der Waals surface area (Å²) in [5, 5.41) is 1.19. The van der Waals surface area contributed by atoms with E-state index in [-0.39, 0.29) is 11.0 Å². The van der Waals surface area contributed by atoms with E-state index < -0.39 is 0 Å². The molecule has 18 heavy (non-hydrogen) atoms. The smallest absolute Gasteiger partial charge is 0.177 e. The van der Waals surface area contributed by atoms with Crippen LogP contribution < -0.4 is 0 Å². The van der Waals surface area contributed by atoms with Gasteiger partial charge in [-0.05, 0) is 30.7 Å². The molecule has 3 heteroatoms. The van der Waals surface area contributed by atoms with Crippen LogP contribution in [0.2, 0.25) is 0 Å². The molecule has 2 heterocycles. The summed E-state index contributed by atoms with van der Waals surface area (Å²) >= 11 is 1.79. The van der Waals surface area contributed by atoms with Gasteiger partial charge in [0.05, 0.1) is 10.8 Å². The molecule has 2 aromatic rings. The highest BCUT2D eigenvalue weighted by Crippen LogP contribution is 2.28. The van der Waals surface area contributed by atoms with Crippen molar-refractivity contribution in [3.8, 4) is 0 Å². The van der Waals surface area contributed by atoms with Crippen molar-refractivity contribution in [2.45, 2.75) is 24.5 Å². The minimum Gasteiger partial charge on any atom is -0.293 e. The molecule has 0 bridgehead atoms. The summed E-state index contributed by atoms with van der Waals surface area (Å²) in [4.78, 5) is 16.7. The Balaban J connectivity index is 1.91. The van der Waals surface area contributed by atoms with E-state index in [1.54, 1.807) is 18.0 Å². The van der Waals surface area contributed by atoms with Gasteiger partial charge < -0.3 is 0 Å². The Morgan fingerprint density at radius 1 is 1.28 bits per heavy atom. The first-order valence-electron chi connectivity index (χ1n) is 6.35. The summed E-state index contributed by atoms with van der Waals surface area (Å²) in [5.74, 6) is 1.36. The number of thioether (sulfide) groups is 1. The molecule has 0 N–H and O–H groups in total. The minimum atomic E-state index is 0.140. The van der Waals surface area contributed by atoms with Crippen LogP contribution in [0.25, 0.3) is 10.9 Å². The Labute approximate surface area is 111 Å². The predicted molar refractivity (Wildman–Crippen MR) is 76.2 cm³/mol. The maximum absolute atomic E-state index is 12.4. The Hall–Kier alpha value is -1.35. The monoisotopic (exact) mass is 257 g/mol. The van der Waals surface area contributed by atoms with Gasteiger partial charge in [-0.1, -0.05) is 24.6 Å². The molecule has 0 saturated carbocycles. The molecular weight excluding hydrogens is 242 g/mol. The number of hydrogen-bond donors (Lipinski definition) is 0. The number of rotatable bonds is 2. The standard InChI is InChI=1S/C15H15NOS/c17-15(14-7-3-4-8-18-14)12-9-11-5-1-2-6-13(11)16-10-12/h1-2,5-6,9-10,14H,3-4,7-8H2. The lowest BCUT2D eigenvalue weighted by atomic mass is 10.0. The van der Waals surface area contributed by atoms with Crippen LogP contribution in [0, 0.1) is 0 Å². The van der Waals surface area contributed by atoms with E-state index in [2.05, 4.69) is 4.98 Å². The van der Waals surface area contributed by atoms with Crippen LogP contribution in [0.3, 0.4) is 0 Å². The number of para-hydroxylation sites is 1. The fourth-order valence-corrected chi connectivity index (χ4v) is 3.62. The van der Waals surface area contributed by atoms with Crippen molar-refractivity contribution in [2.24, 2.45) is 0 Å². The number of aromatic nitrogens is 1. The number of carbonyl (C=O) groups excluding carboxylic acids is 1. The summed E-state index contributed by atoms with van der Waals surface area (Å²) in [6.07, 6.45) is 5.14. The molecular formula is C15H15NOS. The second kappa shape index (κ2) is 5.11. The molecule has 1 fully saturated rings. The van der Waals surface area contributed by atoms with Gasteiger partial charge in [0.15, 0.2) is 5.78 Å². The third kappa shape index (κ3) is 2.27. The Kier molecular flexibility index (Phi) is 3.33. The first-order chi connectivity index (χ1) is 8.84. The normalized spacial score (nSPS) is 19.9. The van der Waals surface area contributed by atoms with Gasteiger partial charge in [0.25, 0.3) is 0 Å². The highest BCUT2D eigenvalue weighted by atomic mass is 32.2. The second-order valence-corrected chi connectivity index (χ2v) is 5.95. The van der Waals surface area contributed by atoms with Gasteiger partial charge >= 0.3 is 0 Å². The highest BCUT2D eigenvalue weighted by molar-refractivity contribution is 8.00. The lowest BCUT2D eigenvalue weighted by Crippen LogP contribution is -2.21. The van der Waals surface area contributed by atoms with Crippen molar-refractivity contribution in [3.63, 3.8) is 0 Å². The largest absolute Gasteiger partial charge is 0.293 e. The van der Waals surface area contributed by atoms with Crippen LogP contribution in [0.15, 0.2) is 36.5 Å². The Bertz CT molecular complexity index is 575. The molecule has 1 saturated heterocycles. The molecule has 0 amide bonds. The molecule has 92 valence electrons. The summed E-state index contributed by atoms with van der Waals surface area (Å²) < 4.78 is 0. The number of benzene rings is 1. The van der Waals surface area contributed by atoms with Crippen molar-refractivity contribution in [2.75, 3.05) is 5.75 Å². The van der Waals surface area contributed by atoms with E-state index in [1.165, 1.54) is 12.8 Å². The molecule has 2 nitrogen and oxygen atoms in total. The fourth-order valence-electron chi connectivity index (χ4n) is 2.34. The number of hydrogen-bond acceptors (Lipinski definition) is 3. The quantitative estimate of drug-likeness (QED) is 0.768. The van der Waals surface area contributed by atoms with Gasteiger partial charge in [0, 0.05) is 17.1 Å². The molecule has 1 atom stereocenters. The third-order valence-corrected chi connectivity index (χ3v) is 4.72. The van der Waals surface area contributed by atoms with Gasteiger partial charge in [-0.2, -0.15) is 11.8 Å².